The molecule has 1 unspecified atom stereocenters. The van der Waals surface area contributed by atoms with Gasteiger partial charge in [-0.25, -0.2) is 9.59 Å². The molecule has 3 rings (SSSR count). The normalized spacial score (nSPS) is 14.1. The van der Waals surface area contributed by atoms with Crippen LogP contribution < -0.4 is 10.6 Å². The molecule has 3 N–H and O–H groups in total. The number of carbonyl (C=O) groups excluding carboxylic acids is 2. The first-order chi connectivity index (χ1) is 14.9. The second-order valence-electron chi connectivity index (χ2n) is 7.37. The molecule has 0 aliphatic heterocycles. The maximum atomic E-state index is 12.3. The summed E-state index contributed by atoms with van der Waals surface area (Å²) in [6.07, 6.45) is 1.45. The van der Waals surface area contributed by atoms with Crippen LogP contribution in [-0.4, -0.2) is 53.8 Å². The number of ether oxygens (including phenoxy) is 1. The van der Waals surface area contributed by atoms with Crippen LogP contribution in [0.15, 0.2) is 48.5 Å². The lowest BCUT2D eigenvalue weighted by molar-refractivity contribution is -0.142. The topological polar surface area (TPSA) is 105 Å². The van der Waals surface area contributed by atoms with Gasteiger partial charge in [0.25, 0.3) is 0 Å². The lowest BCUT2D eigenvalue weighted by atomic mass is 9.98. The molecule has 0 spiro atoms. The van der Waals surface area contributed by atoms with Gasteiger partial charge in [0, 0.05) is 5.92 Å². The van der Waals surface area contributed by atoms with Crippen molar-refractivity contribution in [2.24, 2.45) is 0 Å². The second kappa shape index (κ2) is 10.3. The zero-order valence-electron chi connectivity index (χ0n) is 17.5. The van der Waals surface area contributed by atoms with Gasteiger partial charge in [-0.3, -0.25) is 4.79 Å². The van der Waals surface area contributed by atoms with Crippen LogP contribution in [0.5, 0.6) is 0 Å². The summed E-state index contributed by atoms with van der Waals surface area (Å²) in [7, 11) is 0. The van der Waals surface area contributed by atoms with Crippen molar-refractivity contribution in [1.29, 1.82) is 0 Å². The van der Waals surface area contributed by atoms with E-state index in [1.165, 1.54) is 18.7 Å². The Bertz CT molecular complexity index is 919. The fourth-order valence-electron chi connectivity index (χ4n) is 3.67. The fraction of sp³-hybridized carbons (Fsp3) is 0.348. The molecule has 1 aliphatic carbocycles. The number of carbonyl (C=O) groups is 3. The van der Waals surface area contributed by atoms with E-state index in [9.17, 15) is 19.5 Å². The average molecular weight is 443 g/mol. The number of alkyl carbamates (subject to hydrolysis) is 1. The number of carboxylic acids is 1. The Labute approximate surface area is 185 Å². The number of thioether (sulfide) groups is 1. The Morgan fingerprint density at radius 2 is 1.61 bits per heavy atom. The highest BCUT2D eigenvalue weighted by Crippen LogP contribution is 2.44. The van der Waals surface area contributed by atoms with Gasteiger partial charge in [-0.1, -0.05) is 48.5 Å². The van der Waals surface area contributed by atoms with Crippen LogP contribution in [0.4, 0.5) is 4.79 Å². The van der Waals surface area contributed by atoms with Gasteiger partial charge in [0.2, 0.25) is 5.91 Å². The lowest BCUT2D eigenvalue weighted by Gasteiger charge is -2.19. The van der Waals surface area contributed by atoms with E-state index in [1.54, 1.807) is 0 Å². The Kier molecular flexibility index (Phi) is 7.57. The summed E-state index contributed by atoms with van der Waals surface area (Å²) >= 11 is 1.50. The molecule has 8 heteroatoms. The number of nitrogens with one attached hydrogen (secondary N) is 2. The molecule has 0 saturated carbocycles. The molecule has 1 aliphatic rings. The Hall–Kier alpha value is -3.00. The van der Waals surface area contributed by atoms with E-state index >= 15 is 0 Å². The third kappa shape index (κ3) is 5.38. The number of amides is 2. The van der Waals surface area contributed by atoms with Crippen LogP contribution in [0.2, 0.25) is 0 Å². The number of hydrogen-bond acceptors (Lipinski definition) is 5. The van der Waals surface area contributed by atoms with Crippen molar-refractivity contribution in [1.82, 2.24) is 10.6 Å². The second-order valence-corrected chi connectivity index (χ2v) is 8.36. The number of rotatable bonds is 9. The van der Waals surface area contributed by atoms with E-state index in [-0.39, 0.29) is 12.5 Å². The highest BCUT2D eigenvalue weighted by atomic mass is 32.2. The lowest BCUT2D eigenvalue weighted by Crippen LogP contribution is -2.50. The van der Waals surface area contributed by atoms with Crippen molar-refractivity contribution in [2.45, 2.75) is 31.3 Å². The first kappa shape index (κ1) is 22.7. The number of fused-ring (bicyclic) bond motifs is 3. The monoisotopic (exact) mass is 442 g/mol. The summed E-state index contributed by atoms with van der Waals surface area (Å²) in [5.41, 5.74) is 4.45. The molecule has 164 valence electrons. The summed E-state index contributed by atoms with van der Waals surface area (Å²) in [5, 5.41) is 14.2. The first-order valence-electron chi connectivity index (χ1n) is 10.1. The van der Waals surface area contributed by atoms with E-state index in [2.05, 4.69) is 22.8 Å². The van der Waals surface area contributed by atoms with Gasteiger partial charge in [-0.05, 0) is 47.6 Å². The van der Waals surface area contributed by atoms with Gasteiger partial charge in [-0.2, -0.15) is 11.8 Å². The predicted octanol–water partition coefficient (Wildman–Crippen LogP) is 3.24. The van der Waals surface area contributed by atoms with E-state index in [0.29, 0.717) is 12.2 Å². The fourth-order valence-corrected chi connectivity index (χ4v) is 4.14. The van der Waals surface area contributed by atoms with Crippen LogP contribution in [0.1, 0.15) is 30.4 Å². The number of hydrogen-bond donors (Lipinski definition) is 3. The molecule has 31 heavy (non-hydrogen) atoms. The molecule has 0 heterocycles. The van der Waals surface area contributed by atoms with Crippen LogP contribution in [0.3, 0.4) is 0 Å². The van der Waals surface area contributed by atoms with Gasteiger partial charge >= 0.3 is 12.1 Å². The summed E-state index contributed by atoms with van der Waals surface area (Å²) in [6.45, 7) is 1.63. The Morgan fingerprint density at radius 3 is 2.16 bits per heavy atom. The van der Waals surface area contributed by atoms with Crippen molar-refractivity contribution in [3.63, 3.8) is 0 Å². The number of carboxylic acid groups (broad SMARTS) is 1. The van der Waals surface area contributed by atoms with Crippen molar-refractivity contribution in [3.05, 3.63) is 59.7 Å². The third-order valence-electron chi connectivity index (χ3n) is 5.30. The van der Waals surface area contributed by atoms with Crippen molar-refractivity contribution in [3.8, 4) is 11.1 Å². The van der Waals surface area contributed by atoms with Crippen molar-refractivity contribution < 1.29 is 24.2 Å². The molecule has 0 fully saturated rings. The molecule has 7 nitrogen and oxygen atoms in total. The van der Waals surface area contributed by atoms with Crippen molar-refractivity contribution in [2.75, 3.05) is 18.6 Å². The minimum absolute atomic E-state index is 0.0785. The minimum Gasteiger partial charge on any atom is -0.480 e. The van der Waals surface area contributed by atoms with E-state index < -0.39 is 30.1 Å². The zero-order valence-corrected chi connectivity index (χ0v) is 18.3. The average Bonchev–Trinajstić information content (AvgIpc) is 3.08. The first-order valence-corrected chi connectivity index (χ1v) is 11.5. The molecule has 2 atom stereocenters. The van der Waals surface area contributed by atoms with Crippen molar-refractivity contribution >= 4 is 29.7 Å². The molecule has 2 aromatic carbocycles. The maximum Gasteiger partial charge on any atom is 0.407 e. The highest BCUT2D eigenvalue weighted by Gasteiger charge is 2.29. The number of benzene rings is 2. The zero-order chi connectivity index (χ0) is 22.4. The Balaban J connectivity index is 1.57. The molecule has 0 bridgehead atoms. The molecular formula is C23H26N2O5S. The summed E-state index contributed by atoms with van der Waals surface area (Å²) < 4.78 is 5.43. The van der Waals surface area contributed by atoms with Gasteiger partial charge in [0.05, 0.1) is 0 Å². The molecule has 0 aromatic heterocycles. The molecule has 2 amide bonds. The predicted molar refractivity (Wildman–Crippen MR) is 120 cm³/mol. The summed E-state index contributed by atoms with van der Waals surface area (Å²) in [6, 6.07) is 14.1. The maximum absolute atomic E-state index is 12.3. The largest absolute Gasteiger partial charge is 0.480 e. The highest BCUT2D eigenvalue weighted by molar-refractivity contribution is 7.98. The molecule has 0 saturated heterocycles. The quantitative estimate of drug-likeness (QED) is 0.551. The van der Waals surface area contributed by atoms with Crippen LogP contribution >= 0.6 is 11.8 Å². The van der Waals surface area contributed by atoms with Crippen LogP contribution in [0, 0.1) is 0 Å². The summed E-state index contributed by atoms with van der Waals surface area (Å²) in [5.74, 6) is -1.14. The van der Waals surface area contributed by atoms with E-state index in [4.69, 9.17) is 4.74 Å². The van der Waals surface area contributed by atoms with Gasteiger partial charge in [-0.15, -0.1) is 0 Å². The molecular weight excluding hydrogens is 416 g/mol. The van der Waals surface area contributed by atoms with Gasteiger partial charge < -0.3 is 20.5 Å². The number of aliphatic carboxylic acids is 1. The van der Waals surface area contributed by atoms with Gasteiger partial charge in [0.15, 0.2) is 0 Å². The smallest absolute Gasteiger partial charge is 0.407 e. The Morgan fingerprint density at radius 1 is 1.03 bits per heavy atom. The minimum atomic E-state index is -1.10. The van der Waals surface area contributed by atoms with E-state index in [0.717, 1.165) is 22.3 Å². The standard InChI is InChI=1S/C23H26N2O5S/c1-14(21(26)25-20(22(27)28)11-12-31-2)24-23(29)30-13-19-17-9-5-3-7-15(17)16-8-4-6-10-18(16)19/h3-10,14,19-20H,11-13H2,1-2H3,(H,24,29)(H,25,26)(H,27,28)/t14-,20?/m1/s1. The summed E-state index contributed by atoms with van der Waals surface area (Å²) in [4.78, 5) is 35.9. The van der Waals surface area contributed by atoms with Crippen LogP contribution in [0.25, 0.3) is 11.1 Å². The van der Waals surface area contributed by atoms with Crippen LogP contribution in [-0.2, 0) is 14.3 Å². The van der Waals surface area contributed by atoms with E-state index in [1.807, 2.05) is 42.7 Å². The van der Waals surface area contributed by atoms with Gasteiger partial charge in [0.1, 0.15) is 18.7 Å². The molecule has 0 radical (unpaired) electrons. The third-order valence-corrected chi connectivity index (χ3v) is 5.94. The SMILES string of the molecule is CSCCC(NC(=O)[C@@H](C)NC(=O)OCC1c2ccccc2-c2ccccc21)C(=O)O. The molecule has 2 aromatic rings.